The number of epoxide rings is 1. The first-order valence-corrected chi connectivity index (χ1v) is 18.1. The highest BCUT2D eigenvalue weighted by atomic mass is 28.4. The molecule has 0 aromatic carbocycles. The van der Waals surface area contributed by atoms with E-state index in [9.17, 15) is 19.2 Å². The van der Waals surface area contributed by atoms with Gasteiger partial charge in [-0.2, -0.15) is 0 Å². The van der Waals surface area contributed by atoms with Crippen LogP contribution in [0.3, 0.4) is 0 Å². The van der Waals surface area contributed by atoms with E-state index in [0.717, 1.165) is 18.1 Å². The van der Waals surface area contributed by atoms with Crippen molar-refractivity contribution in [1.82, 2.24) is 0 Å². The van der Waals surface area contributed by atoms with Gasteiger partial charge in [-0.15, -0.1) is 0 Å². The zero-order valence-electron chi connectivity index (χ0n) is 27.1. The van der Waals surface area contributed by atoms with Crippen molar-refractivity contribution in [3.05, 3.63) is 11.1 Å². The zero-order valence-corrected chi connectivity index (χ0v) is 28.1. The number of fused-ring (bicyclic) bond motifs is 4. The molecule has 2 bridgehead atoms. The lowest BCUT2D eigenvalue weighted by molar-refractivity contribution is -0.222. The van der Waals surface area contributed by atoms with Gasteiger partial charge in [-0.3, -0.25) is 19.2 Å². The fourth-order valence-corrected chi connectivity index (χ4v) is 11.7. The van der Waals surface area contributed by atoms with Crippen molar-refractivity contribution in [3.8, 4) is 0 Å². The molecular formula is C32H50O9Si. The molecule has 0 aromatic heterocycles. The van der Waals surface area contributed by atoms with Crippen LogP contribution in [0.4, 0.5) is 0 Å². The lowest BCUT2D eigenvalue weighted by atomic mass is 9.48. The minimum absolute atomic E-state index is 0.0995. The minimum Gasteiger partial charge on any atom is -0.462 e. The zero-order chi connectivity index (χ0) is 31.4. The van der Waals surface area contributed by atoms with Gasteiger partial charge in [-0.25, -0.2) is 0 Å². The molecule has 3 fully saturated rings. The number of hydrogen-bond donors (Lipinski definition) is 0. The van der Waals surface area contributed by atoms with Gasteiger partial charge < -0.3 is 23.4 Å². The number of hydrogen-bond acceptors (Lipinski definition) is 9. The molecule has 1 spiro atoms. The Morgan fingerprint density at radius 2 is 1.48 bits per heavy atom. The van der Waals surface area contributed by atoms with Crippen molar-refractivity contribution in [2.24, 2.45) is 22.7 Å². The van der Waals surface area contributed by atoms with Crippen LogP contribution in [0.2, 0.25) is 18.1 Å². The van der Waals surface area contributed by atoms with E-state index in [2.05, 4.69) is 20.8 Å². The van der Waals surface area contributed by atoms with Crippen LogP contribution in [0, 0.1) is 22.7 Å². The molecule has 2 saturated carbocycles. The number of esters is 3. The van der Waals surface area contributed by atoms with Crippen molar-refractivity contribution in [2.45, 2.75) is 137 Å². The third-order valence-corrected chi connectivity index (χ3v) is 15.9. The van der Waals surface area contributed by atoms with E-state index in [-0.39, 0.29) is 18.3 Å². The Balaban J connectivity index is 2.01. The second-order valence-corrected chi connectivity index (χ2v) is 18.5. The van der Waals surface area contributed by atoms with Crippen molar-refractivity contribution >= 4 is 32.0 Å². The Morgan fingerprint density at radius 3 is 1.95 bits per heavy atom. The van der Waals surface area contributed by atoms with E-state index in [1.54, 1.807) is 6.92 Å². The van der Waals surface area contributed by atoms with E-state index in [0.29, 0.717) is 30.6 Å². The quantitative estimate of drug-likeness (QED) is 0.157. The summed E-state index contributed by atoms with van der Waals surface area (Å²) in [6, 6.07) is 2.93. The van der Waals surface area contributed by atoms with Crippen LogP contribution in [0.1, 0.15) is 88.5 Å². The number of ether oxygens (including phenoxy) is 4. The van der Waals surface area contributed by atoms with Crippen LogP contribution in [0.25, 0.3) is 0 Å². The summed E-state index contributed by atoms with van der Waals surface area (Å²) < 4.78 is 32.1. The third-order valence-electron chi connectivity index (χ3n) is 11.2. The number of Topliss-reactive ketones (excluding diaryl/α,β-unsaturated/α-hetero) is 1. The van der Waals surface area contributed by atoms with Crippen molar-refractivity contribution < 1.29 is 42.6 Å². The number of rotatable bonds is 8. The topological polar surface area (TPSA) is 118 Å². The highest BCUT2D eigenvalue weighted by Crippen LogP contribution is 2.65. The molecular weight excluding hydrogens is 556 g/mol. The smallest absolute Gasteiger partial charge is 0.303 e. The van der Waals surface area contributed by atoms with E-state index >= 15 is 0 Å². The first kappa shape index (κ1) is 32.9. The molecule has 4 rings (SSSR count). The standard InChI is InChI=1S/C32H50O9Si/c1-11-42(12-2,13-3)41-24-14-15-31(10)28(32(24)17-37-32)26(38-19(5)33)22-16-23(36)18(4)25(30(22,8)9)27(39-20(6)34)29(31)40-21(7)35/h22,24,26-29H,11-17H2,1-10H3/t22-,24-,26+,27+,28-,29-,31+,32+/m0/s1. The van der Waals surface area contributed by atoms with Gasteiger partial charge in [0.05, 0.1) is 12.7 Å². The summed E-state index contributed by atoms with van der Waals surface area (Å²) >= 11 is 0. The molecule has 0 aromatic rings. The Kier molecular flexibility index (Phi) is 8.97. The van der Waals surface area contributed by atoms with Crippen molar-refractivity contribution in [2.75, 3.05) is 6.61 Å². The lowest BCUT2D eigenvalue weighted by Crippen LogP contribution is -2.68. The van der Waals surface area contributed by atoms with Gasteiger partial charge in [0.15, 0.2) is 20.2 Å². The first-order chi connectivity index (χ1) is 19.5. The summed E-state index contributed by atoms with van der Waals surface area (Å²) in [4.78, 5) is 51.9. The summed E-state index contributed by atoms with van der Waals surface area (Å²) in [5, 5.41) is 0. The van der Waals surface area contributed by atoms with Gasteiger partial charge >= 0.3 is 17.9 Å². The van der Waals surface area contributed by atoms with E-state index in [4.69, 9.17) is 23.4 Å². The Bertz CT molecular complexity index is 1140. The first-order valence-electron chi connectivity index (χ1n) is 15.6. The number of carbonyl (C=O) groups excluding carboxylic acids is 4. The largest absolute Gasteiger partial charge is 0.462 e. The summed E-state index contributed by atoms with van der Waals surface area (Å²) in [5.74, 6) is -2.49. The second kappa shape index (κ2) is 11.5. The van der Waals surface area contributed by atoms with E-state index < -0.39 is 72.8 Å². The van der Waals surface area contributed by atoms with Gasteiger partial charge in [0.1, 0.15) is 17.8 Å². The maximum absolute atomic E-state index is 13.6. The summed E-state index contributed by atoms with van der Waals surface area (Å²) in [5.41, 5.74) is -1.24. The summed E-state index contributed by atoms with van der Waals surface area (Å²) in [6.45, 7) is 18.8. The molecule has 1 saturated heterocycles. The Hall–Kier alpha value is -2.04. The molecule has 0 unspecified atom stereocenters. The molecule has 10 heteroatoms. The lowest BCUT2D eigenvalue weighted by Gasteiger charge is -2.61. The average Bonchev–Trinajstić information content (AvgIpc) is 3.68. The van der Waals surface area contributed by atoms with Gasteiger partial charge in [0.2, 0.25) is 0 Å². The van der Waals surface area contributed by atoms with Crippen LogP contribution in [-0.2, 0) is 42.6 Å². The molecule has 0 N–H and O–H groups in total. The van der Waals surface area contributed by atoms with Crippen LogP contribution in [0.15, 0.2) is 11.1 Å². The fraction of sp³-hybridized carbons (Fsp3) is 0.812. The molecule has 0 amide bonds. The fourth-order valence-electron chi connectivity index (χ4n) is 8.78. The van der Waals surface area contributed by atoms with Crippen LogP contribution in [-0.4, -0.2) is 68.6 Å². The molecule has 4 aliphatic rings. The summed E-state index contributed by atoms with van der Waals surface area (Å²) in [6.07, 6.45) is -1.48. The van der Waals surface area contributed by atoms with E-state index in [1.165, 1.54) is 20.8 Å². The second-order valence-electron chi connectivity index (χ2n) is 13.7. The highest BCUT2D eigenvalue weighted by molar-refractivity contribution is 6.73. The normalized spacial score (nSPS) is 37.3. The molecule has 9 nitrogen and oxygen atoms in total. The highest BCUT2D eigenvalue weighted by Gasteiger charge is 2.74. The summed E-state index contributed by atoms with van der Waals surface area (Å²) in [7, 11) is -2.07. The molecule has 8 atom stereocenters. The SMILES string of the molecule is CC[Si](CC)(CC)O[C@H]1CC[C@@]2(C)[C@@H](OC(C)=O)[C@H](OC(C)=O)C3=C(C)C(=O)C[C@@H]([C@@H](OC(C)=O)[C@@H]2[C@@]12CO2)C3(C)C. The maximum atomic E-state index is 13.6. The number of ketones is 1. The number of allylic oxidation sites excluding steroid dienone is 1. The third kappa shape index (κ3) is 5.29. The maximum Gasteiger partial charge on any atom is 0.303 e. The Morgan fingerprint density at radius 1 is 0.929 bits per heavy atom. The molecule has 3 aliphatic carbocycles. The Labute approximate surface area is 251 Å². The van der Waals surface area contributed by atoms with Gasteiger partial charge in [0, 0.05) is 44.4 Å². The van der Waals surface area contributed by atoms with Crippen molar-refractivity contribution in [3.63, 3.8) is 0 Å². The predicted octanol–water partition coefficient (Wildman–Crippen LogP) is 5.30. The number of carbonyl (C=O) groups is 4. The van der Waals surface area contributed by atoms with Crippen LogP contribution in [0.5, 0.6) is 0 Å². The van der Waals surface area contributed by atoms with Gasteiger partial charge in [-0.1, -0.05) is 41.5 Å². The minimum atomic E-state index is -2.07. The monoisotopic (exact) mass is 606 g/mol. The molecule has 0 radical (unpaired) electrons. The molecule has 1 aliphatic heterocycles. The van der Waals surface area contributed by atoms with Crippen LogP contribution < -0.4 is 0 Å². The average molecular weight is 607 g/mol. The van der Waals surface area contributed by atoms with Gasteiger partial charge in [0.25, 0.3) is 0 Å². The van der Waals surface area contributed by atoms with E-state index in [1.807, 2.05) is 20.8 Å². The van der Waals surface area contributed by atoms with Gasteiger partial charge in [-0.05, 0) is 54.5 Å². The van der Waals surface area contributed by atoms with Crippen LogP contribution >= 0.6 is 0 Å². The molecule has 42 heavy (non-hydrogen) atoms. The van der Waals surface area contributed by atoms with Crippen molar-refractivity contribution in [1.29, 1.82) is 0 Å². The molecule has 1 heterocycles. The molecule has 236 valence electrons. The predicted molar refractivity (Wildman–Crippen MR) is 158 cm³/mol.